The number of esters is 3. The van der Waals surface area contributed by atoms with Gasteiger partial charge < -0.3 is 9.47 Å². The van der Waals surface area contributed by atoms with E-state index in [-0.39, 0.29) is 73.6 Å². The van der Waals surface area contributed by atoms with Gasteiger partial charge in [-0.25, -0.2) is 4.39 Å². The summed E-state index contributed by atoms with van der Waals surface area (Å²) in [5, 5.41) is 0.915. The Morgan fingerprint density at radius 2 is 1.07 bits per heavy atom. The zero-order valence-electron chi connectivity index (χ0n) is 61.6. The Labute approximate surface area is 606 Å². The Balaban J connectivity index is 0.000000305. The third kappa shape index (κ3) is 27.8. The summed E-state index contributed by atoms with van der Waals surface area (Å²) in [6.45, 7) is 45.3. The molecule has 528 valence electrons. The molecule has 2 saturated heterocycles. The van der Waals surface area contributed by atoms with E-state index >= 15 is 0 Å². The molecule has 16 heteroatoms. The van der Waals surface area contributed by atoms with Crippen molar-refractivity contribution in [2.24, 2.45) is 29.6 Å². The topological polar surface area (TPSA) is 116 Å². The second-order valence-electron chi connectivity index (χ2n) is 30.1. The maximum absolute atomic E-state index is 14.4. The summed E-state index contributed by atoms with van der Waals surface area (Å²) in [4.78, 5) is 40.0. The molecule has 0 bridgehead atoms. The molecule has 2 fully saturated rings. The van der Waals surface area contributed by atoms with Gasteiger partial charge in [-0.05, 0) is 38.2 Å². The van der Waals surface area contributed by atoms with Crippen molar-refractivity contribution in [3.63, 3.8) is 0 Å². The van der Waals surface area contributed by atoms with Crippen molar-refractivity contribution >= 4 is 95.5 Å². The monoisotopic (exact) mass is 1600 g/mol. The molecule has 2 aliphatic heterocycles. The first-order valence-electron chi connectivity index (χ1n) is 34.5. The fraction of sp³-hybridized carbons (Fsp3) is 0.537. The van der Waals surface area contributed by atoms with E-state index < -0.39 is 45.9 Å². The van der Waals surface area contributed by atoms with Gasteiger partial charge in [-0.3, -0.25) is 0 Å². The van der Waals surface area contributed by atoms with Crippen LogP contribution in [0.3, 0.4) is 0 Å². The Morgan fingerprint density at radius 1 is 0.594 bits per heavy atom. The Morgan fingerprint density at radius 3 is 1.59 bits per heavy atom. The van der Waals surface area contributed by atoms with E-state index in [4.69, 9.17) is 33.2 Å². The minimum atomic E-state index is -1.37. The molecule has 2 heterocycles. The number of hydrogen-bond donors (Lipinski definition) is 0. The van der Waals surface area contributed by atoms with Gasteiger partial charge in [0.2, 0.25) is 0 Å². The molecular formula is C80H114FIO10Se2Si2. The number of ether oxygens (including phenoxy) is 7. The number of rotatable bonds is 29. The quantitative estimate of drug-likeness (QED) is 0.0114. The number of halogens is 2. The average Bonchev–Trinajstić information content (AvgIpc) is 1.32. The molecule has 9 atom stereocenters. The third-order valence-electron chi connectivity index (χ3n) is 17.3. The van der Waals surface area contributed by atoms with E-state index in [9.17, 15) is 18.8 Å². The molecule has 0 N–H and O–H groups in total. The predicted octanol–water partition coefficient (Wildman–Crippen LogP) is 18.7. The predicted molar refractivity (Wildman–Crippen MR) is 410 cm³/mol. The number of alkyl halides is 1. The van der Waals surface area contributed by atoms with Crippen LogP contribution in [0.5, 0.6) is 0 Å². The summed E-state index contributed by atoms with van der Waals surface area (Å²) < 4.78 is 60.8. The third-order valence-corrected chi connectivity index (χ3v) is 26.4. The summed E-state index contributed by atoms with van der Waals surface area (Å²) in [7, 11) is -2.57. The zero-order valence-corrected chi connectivity index (χ0v) is 69.2. The first-order valence-corrected chi connectivity index (χ1v) is 47.4. The van der Waals surface area contributed by atoms with Gasteiger partial charge >= 0.3 is 474 Å². The van der Waals surface area contributed by atoms with Crippen LogP contribution in [0.15, 0.2) is 139 Å². The average molecular weight is 1600 g/mol. The van der Waals surface area contributed by atoms with Gasteiger partial charge in [-0.1, -0.05) is 50.3 Å². The molecule has 7 rings (SSSR count). The fourth-order valence-corrected chi connectivity index (χ4v) is 17.7. The molecule has 96 heavy (non-hydrogen) atoms. The molecule has 0 amide bonds. The van der Waals surface area contributed by atoms with Crippen LogP contribution in [0.25, 0.3) is 0 Å². The van der Waals surface area contributed by atoms with Gasteiger partial charge in [0, 0.05) is 10.3 Å². The Kier molecular flexibility index (Phi) is 33.3. The number of carbonyl (C=O) groups is 3. The first-order chi connectivity index (χ1) is 45.0. The van der Waals surface area contributed by atoms with Crippen LogP contribution in [-0.4, -0.2) is 124 Å². The summed E-state index contributed by atoms with van der Waals surface area (Å²) in [5.74, 6) is -1.23. The van der Waals surface area contributed by atoms with Crippen molar-refractivity contribution in [1.82, 2.24) is 0 Å². The fourth-order valence-electron chi connectivity index (χ4n) is 11.2. The number of aryl methyl sites for hydroxylation is 4. The van der Waals surface area contributed by atoms with Crippen LogP contribution in [-0.2, 0) is 38.5 Å². The number of allylic oxidation sites excluding steroid dienone is 2. The Hall–Kier alpha value is -4.04. The molecule has 0 saturated carbocycles. The summed E-state index contributed by atoms with van der Waals surface area (Å²) in [6.07, 6.45) is 6.41. The van der Waals surface area contributed by atoms with Crippen LogP contribution in [0, 0.1) is 57.3 Å². The van der Waals surface area contributed by atoms with Crippen LogP contribution in [0.1, 0.15) is 165 Å². The summed E-state index contributed by atoms with van der Waals surface area (Å²) >= 11 is 2.64. The minimum absolute atomic E-state index is 0.00506. The molecule has 0 aromatic heterocycles. The van der Waals surface area contributed by atoms with Gasteiger partial charge in [0.1, 0.15) is 5.83 Å². The van der Waals surface area contributed by atoms with Gasteiger partial charge in [0.25, 0.3) is 0 Å². The number of carbonyl (C=O) groups excluding carboxylic acids is 3. The molecule has 0 spiro atoms. The molecule has 3 unspecified atom stereocenters. The van der Waals surface area contributed by atoms with E-state index in [0.29, 0.717) is 57.6 Å². The van der Waals surface area contributed by atoms with Gasteiger partial charge in [0.15, 0.2) is 5.79 Å². The van der Waals surface area contributed by atoms with Crippen LogP contribution < -0.4 is 8.92 Å². The first kappa shape index (κ1) is 82.6. The van der Waals surface area contributed by atoms with Crippen LogP contribution in [0.4, 0.5) is 4.39 Å². The zero-order chi connectivity index (χ0) is 71.3. The second-order valence-corrected chi connectivity index (χ2v) is 47.3. The molecule has 2 aliphatic rings. The van der Waals surface area contributed by atoms with Crippen LogP contribution in [0.2, 0.25) is 51.4 Å². The normalized spacial score (nSPS) is 19.4. The molecule has 10 nitrogen and oxygen atoms in total. The van der Waals surface area contributed by atoms with Gasteiger partial charge in [0.05, 0.1) is 12.2 Å². The van der Waals surface area contributed by atoms with Crippen molar-refractivity contribution in [1.29, 1.82) is 0 Å². The standard InChI is InChI=1S/C43H58O6SeSi.C21H28O2SeSi.C16H28FIO2/c1-29(2)31(4)21-22-36(47-41(44)33-17-13-11-14-18-33)40-37(48-43(6,7)49-40)23-24-38(50-34-19-15-12-16-20-34)35-28-30(3)27-32(5)39(35)42(45)46-25-26-51(8,9)10;1-16-13-17(2)20(21(22)23-11-12-25(3,4)5)18(14-16)15-24-19-9-7-6-8-10-19;1-10(2)11(3)9-13(17)12(4)15-14(7-8-18)19-16(5,6)20-15/h11-22,27-29,31,36-38,40H,23-26H2,1-10H3;6-10,13-14H,11-12,15H2,1-5H3;9-12,14-15H,7-8H2,1-6H3/b22-21-;;13-9+/t31-,36?,37-,38?,40+;;11-,12?,14+,15-/m0.1/s1. The molecule has 0 radical (unpaired) electrons. The SMILES string of the molecule is CC(C)[C@H](C)/C=C(/F)C(C)[C@H]1OC(C)(C)O[C@H]1CCI.Cc1cc(C)c(C(=O)OCC[Si](C)(C)C)c(C(CC[C@@H]2OC(C)(C)O[C@@H]2C(/C=C\[C@H](C)C(C)C)OC(=O)c2ccccc2)[Se]c2ccccc2)c1.Cc1cc(C)c(C(=O)OCC[Si](C)(C)C)c(C[Se]c2ccccc2)c1. The van der Waals surface area contributed by atoms with Gasteiger partial charge in [-0.2, -0.15) is 0 Å². The van der Waals surface area contributed by atoms with Crippen LogP contribution >= 0.6 is 22.6 Å². The van der Waals surface area contributed by atoms with Crippen molar-refractivity contribution in [3.8, 4) is 0 Å². The second kappa shape index (κ2) is 38.7. The maximum atomic E-state index is 14.4. The van der Waals surface area contributed by atoms with E-state index in [1.165, 1.54) is 14.5 Å². The number of benzene rings is 5. The molecule has 0 aliphatic carbocycles. The van der Waals surface area contributed by atoms with E-state index in [0.717, 1.165) is 68.1 Å². The van der Waals surface area contributed by atoms with E-state index in [2.05, 4.69) is 196 Å². The Bertz CT molecular complexity index is 3290. The van der Waals surface area contributed by atoms with Gasteiger partial charge in [-0.15, -0.1) is 0 Å². The van der Waals surface area contributed by atoms with E-state index in [1.54, 1.807) is 18.2 Å². The van der Waals surface area contributed by atoms with Crippen molar-refractivity contribution < 1.29 is 51.9 Å². The molecular weight excluding hydrogens is 1480 g/mol. The van der Waals surface area contributed by atoms with Crippen molar-refractivity contribution in [2.75, 3.05) is 17.6 Å². The summed E-state index contributed by atoms with van der Waals surface area (Å²) in [5.41, 5.74) is 8.39. The molecule has 5 aromatic rings. The van der Waals surface area contributed by atoms with E-state index in [1.807, 2.05) is 84.9 Å². The summed E-state index contributed by atoms with van der Waals surface area (Å²) in [6, 6.07) is 40.5. The number of hydrogen-bond acceptors (Lipinski definition) is 10. The molecule has 5 aromatic carbocycles. The van der Waals surface area contributed by atoms with Crippen molar-refractivity contribution in [3.05, 3.63) is 189 Å². The van der Waals surface area contributed by atoms with Crippen molar-refractivity contribution in [2.45, 2.75) is 227 Å².